The van der Waals surface area contributed by atoms with Gasteiger partial charge in [0.25, 0.3) is 0 Å². The van der Waals surface area contributed by atoms with Crippen molar-refractivity contribution < 1.29 is 5.11 Å². The van der Waals surface area contributed by atoms with Crippen molar-refractivity contribution in [3.05, 3.63) is 0 Å². The van der Waals surface area contributed by atoms with Crippen molar-refractivity contribution in [2.24, 2.45) is 5.92 Å². The van der Waals surface area contributed by atoms with Crippen LogP contribution < -0.4 is 0 Å². The molecule has 1 N–H and O–H groups in total. The van der Waals surface area contributed by atoms with Crippen molar-refractivity contribution in [1.82, 2.24) is 0 Å². The van der Waals surface area contributed by atoms with Crippen LogP contribution in [0.3, 0.4) is 0 Å². The third-order valence-corrected chi connectivity index (χ3v) is 2.81. The first-order valence-electron chi connectivity index (χ1n) is 5.02. The number of aliphatic hydroxyl groups excluding tert-OH is 1. The summed E-state index contributed by atoms with van der Waals surface area (Å²) < 4.78 is 0. The van der Waals surface area contributed by atoms with Gasteiger partial charge in [-0.15, -0.1) is 0 Å². The van der Waals surface area contributed by atoms with Gasteiger partial charge < -0.3 is 5.11 Å². The maximum atomic E-state index is 9.26. The van der Waals surface area contributed by atoms with Crippen LogP contribution in [0.25, 0.3) is 0 Å². The van der Waals surface area contributed by atoms with E-state index in [2.05, 4.69) is 6.92 Å². The van der Waals surface area contributed by atoms with E-state index in [4.69, 9.17) is 0 Å². The predicted molar refractivity (Wildman–Crippen MR) is 47.5 cm³/mol. The van der Waals surface area contributed by atoms with Crippen molar-refractivity contribution in [1.29, 1.82) is 0 Å². The lowest BCUT2D eigenvalue weighted by Gasteiger charge is -2.32. The van der Waals surface area contributed by atoms with Gasteiger partial charge in [0.2, 0.25) is 0 Å². The van der Waals surface area contributed by atoms with Gasteiger partial charge in [0.05, 0.1) is 6.10 Å². The van der Waals surface area contributed by atoms with Gasteiger partial charge in [-0.05, 0) is 25.2 Å². The Morgan fingerprint density at radius 1 is 1.18 bits per heavy atom. The van der Waals surface area contributed by atoms with Gasteiger partial charge in [0.15, 0.2) is 0 Å². The van der Waals surface area contributed by atoms with Crippen molar-refractivity contribution in [2.45, 2.75) is 58.0 Å². The normalized spacial score (nSPS) is 30.0. The molecule has 0 spiro atoms. The largest absolute Gasteiger partial charge is 0.393 e. The van der Waals surface area contributed by atoms with E-state index in [-0.39, 0.29) is 6.10 Å². The van der Waals surface area contributed by atoms with Crippen LogP contribution in [0, 0.1) is 5.92 Å². The summed E-state index contributed by atoms with van der Waals surface area (Å²) in [7, 11) is 0. The van der Waals surface area contributed by atoms with Crippen LogP contribution in [0.1, 0.15) is 51.9 Å². The van der Waals surface area contributed by atoms with Gasteiger partial charge >= 0.3 is 0 Å². The topological polar surface area (TPSA) is 20.2 Å². The summed E-state index contributed by atoms with van der Waals surface area (Å²) in [6.45, 7) is 2.23. The van der Waals surface area contributed by atoms with E-state index in [0.29, 0.717) is 5.92 Å². The molecule has 0 heterocycles. The van der Waals surface area contributed by atoms with E-state index < -0.39 is 0 Å². The number of hydrogen-bond donors (Lipinski definition) is 1. The fourth-order valence-corrected chi connectivity index (χ4v) is 1.72. The molecule has 0 saturated heterocycles. The second-order valence-electron chi connectivity index (χ2n) is 3.75. The molecule has 0 bridgehead atoms. The summed E-state index contributed by atoms with van der Waals surface area (Å²) in [5.74, 6) is 0.659. The van der Waals surface area contributed by atoms with Gasteiger partial charge in [-0.2, -0.15) is 0 Å². The molecular formula is C10H20O. The van der Waals surface area contributed by atoms with Crippen LogP contribution in [0.15, 0.2) is 0 Å². The molecule has 66 valence electrons. The molecule has 1 aliphatic carbocycles. The Hall–Kier alpha value is -0.0400. The summed E-state index contributed by atoms with van der Waals surface area (Å²) in [5.41, 5.74) is 0. The number of unbranched alkanes of at least 4 members (excludes halogenated alkanes) is 3. The Morgan fingerprint density at radius 2 is 2.00 bits per heavy atom. The Bertz CT molecular complexity index is 101. The second-order valence-corrected chi connectivity index (χ2v) is 3.75. The fourth-order valence-electron chi connectivity index (χ4n) is 1.72. The first kappa shape index (κ1) is 9.05. The zero-order valence-electron chi connectivity index (χ0n) is 7.55. The molecule has 0 aromatic heterocycles. The quantitative estimate of drug-likeness (QED) is 0.607. The SMILES string of the molecule is CCCCCCC1CCC1O. The standard InChI is InChI=1S/C10H20O/c1-2-3-4-5-6-9-7-8-10(9)11/h9-11H,2-8H2,1H3. The molecule has 0 amide bonds. The molecule has 1 saturated carbocycles. The highest BCUT2D eigenvalue weighted by Gasteiger charge is 2.27. The number of hydrogen-bond acceptors (Lipinski definition) is 1. The summed E-state index contributed by atoms with van der Waals surface area (Å²) in [6.07, 6.45) is 9.01. The van der Waals surface area contributed by atoms with Crippen LogP contribution >= 0.6 is 0 Å². The van der Waals surface area contributed by atoms with Crippen molar-refractivity contribution in [2.75, 3.05) is 0 Å². The zero-order valence-corrected chi connectivity index (χ0v) is 7.55. The van der Waals surface area contributed by atoms with Crippen LogP contribution in [-0.2, 0) is 0 Å². The molecule has 0 aromatic rings. The van der Waals surface area contributed by atoms with Crippen LogP contribution in [0.2, 0.25) is 0 Å². The lowest BCUT2D eigenvalue weighted by atomic mass is 9.78. The zero-order chi connectivity index (χ0) is 8.10. The Balaban J connectivity index is 1.87. The minimum atomic E-state index is 0.0524. The molecule has 1 nitrogen and oxygen atoms in total. The number of rotatable bonds is 5. The van der Waals surface area contributed by atoms with Crippen LogP contribution in [0.4, 0.5) is 0 Å². The molecule has 0 aromatic carbocycles. The smallest absolute Gasteiger partial charge is 0.0568 e. The van der Waals surface area contributed by atoms with Crippen LogP contribution in [0.5, 0.6) is 0 Å². The molecule has 1 aliphatic rings. The van der Waals surface area contributed by atoms with Gasteiger partial charge in [0, 0.05) is 0 Å². The average molecular weight is 156 g/mol. The van der Waals surface area contributed by atoms with E-state index in [1.165, 1.54) is 38.5 Å². The van der Waals surface area contributed by atoms with E-state index in [1.54, 1.807) is 0 Å². The minimum absolute atomic E-state index is 0.0524. The first-order chi connectivity index (χ1) is 5.34. The van der Waals surface area contributed by atoms with E-state index in [9.17, 15) is 5.11 Å². The van der Waals surface area contributed by atoms with Crippen molar-refractivity contribution in [3.63, 3.8) is 0 Å². The van der Waals surface area contributed by atoms with Gasteiger partial charge in [0.1, 0.15) is 0 Å². The lowest BCUT2D eigenvalue weighted by molar-refractivity contribution is 0.0182. The maximum absolute atomic E-state index is 9.26. The van der Waals surface area contributed by atoms with Crippen molar-refractivity contribution >= 4 is 0 Å². The van der Waals surface area contributed by atoms with Gasteiger partial charge in [-0.25, -0.2) is 0 Å². The Kier molecular flexibility index (Phi) is 3.92. The molecule has 1 fully saturated rings. The summed E-state index contributed by atoms with van der Waals surface area (Å²) >= 11 is 0. The monoisotopic (exact) mass is 156 g/mol. The Labute approximate surface area is 69.8 Å². The molecule has 11 heavy (non-hydrogen) atoms. The molecule has 1 rings (SSSR count). The van der Waals surface area contributed by atoms with Crippen molar-refractivity contribution in [3.8, 4) is 0 Å². The second kappa shape index (κ2) is 4.76. The summed E-state index contributed by atoms with van der Waals surface area (Å²) in [6, 6.07) is 0. The highest BCUT2D eigenvalue weighted by atomic mass is 16.3. The van der Waals surface area contributed by atoms with E-state index in [1.807, 2.05) is 0 Å². The van der Waals surface area contributed by atoms with Gasteiger partial charge in [-0.3, -0.25) is 0 Å². The number of aliphatic hydroxyl groups is 1. The maximum Gasteiger partial charge on any atom is 0.0568 e. The lowest BCUT2D eigenvalue weighted by Crippen LogP contribution is -2.30. The fraction of sp³-hybridized carbons (Fsp3) is 1.00. The van der Waals surface area contributed by atoms with Gasteiger partial charge in [-0.1, -0.05) is 32.6 Å². The van der Waals surface area contributed by atoms with Crippen LogP contribution in [-0.4, -0.2) is 11.2 Å². The van der Waals surface area contributed by atoms with E-state index >= 15 is 0 Å². The molecule has 1 heteroatoms. The average Bonchev–Trinajstić information content (AvgIpc) is 2.02. The molecule has 0 radical (unpaired) electrons. The molecule has 2 unspecified atom stereocenters. The highest BCUT2D eigenvalue weighted by molar-refractivity contribution is 4.79. The minimum Gasteiger partial charge on any atom is -0.393 e. The first-order valence-corrected chi connectivity index (χ1v) is 5.02. The Morgan fingerprint density at radius 3 is 2.45 bits per heavy atom. The third kappa shape index (κ3) is 2.82. The molecule has 0 aliphatic heterocycles. The highest BCUT2D eigenvalue weighted by Crippen LogP contribution is 2.31. The third-order valence-electron chi connectivity index (χ3n) is 2.81. The summed E-state index contributed by atoms with van der Waals surface area (Å²) in [4.78, 5) is 0. The molecular weight excluding hydrogens is 136 g/mol. The van der Waals surface area contributed by atoms with E-state index in [0.717, 1.165) is 6.42 Å². The molecule has 2 atom stereocenters. The summed E-state index contributed by atoms with van der Waals surface area (Å²) in [5, 5.41) is 9.26. The predicted octanol–water partition coefficient (Wildman–Crippen LogP) is 2.73.